The lowest BCUT2D eigenvalue weighted by Crippen LogP contribution is -2.47. The lowest BCUT2D eigenvalue weighted by Gasteiger charge is -2.38. The average Bonchev–Trinajstić information content (AvgIpc) is 2.26. The third-order valence-corrected chi connectivity index (χ3v) is 3.95. The average molecular weight is 243 g/mol. The van der Waals surface area contributed by atoms with Crippen LogP contribution < -0.4 is 5.73 Å². The van der Waals surface area contributed by atoms with Crippen LogP contribution in [0.15, 0.2) is 0 Å². The molecule has 0 aromatic heterocycles. The zero-order valence-corrected chi connectivity index (χ0v) is 11.8. The summed E-state index contributed by atoms with van der Waals surface area (Å²) in [7, 11) is 0. The topological polar surface area (TPSA) is 55.5 Å². The second kappa shape index (κ2) is 6.17. The number of aliphatic hydroxyl groups is 1. The van der Waals surface area contributed by atoms with Crippen LogP contribution in [-0.4, -0.2) is 30.0 Å². The number of rotatable bonds is 5. The van der Waals surface area contributed by atoms with E-state index >= 15 is 0 Å². The van der Waals surface area contributed by atoms with Gasteiger partial charge in [0, 0.05) is 0 Å². The summed E-state index contributed by atoms with van der Waals surface area (Å²) in [4.78, 5) is 0. The Morgan fingerprint density at radius 1 is 1.41 bits per heavy atom. The van der Waals surface area contributed by atoms with Gasteiger partial charge in [-0.25, -0.2) is 0 Å². The highest BCUT2D eigenvalue weighted by Gasteiger charge is 2.32. The zero-order chi connectivity index (χ0) is 13.1. The Labute approximate surface area is 106 Å². The van der Waals surface area contributed by atoms with Crippen LogP contribution in [0.4, 0.5) is 0 Å². The fourth-order valence-corrected chi connectivity index (χ4v) is 2.65. The van der Waals surface area contributed by atoms with Crippen molar-refractivity contribution in [1.29, 1.82) is 0 Å². The second-order valence-electron chi connectivity index (χ2n) is 6.49. The quantitative estimate of drug-likeness (QED) is 0.778. The van der Waals surface area contributed by atoms with E-state index in [9.17, 15) is 0 Å². The van der Waals surface area contributed by atoms with Gasteiger partial charge in [-0.1, -0.05) is 27.2 Å². The van der Waals surface area contributed by atoms with E-state index in [2.05, 4.69) is 20.8 Å². The summed E-state index contributed by atoms with van der Waals surface area (Å²) in [5, 5.41) is 9.15. The third kappa shape index (κ3) is 4.57. The molecular weight excluding hydrogens is 214 g/mol. The van der Waals surface area contributed by atoms with Crippen LogP contribution in [0.1, 0.15) is 47.0 Å². The second-order valence-corrected chi connectivity index (χ2v) is 6.49. The van der Waals surface area contributed by atoms with Crippen LogP contribution in [0.5, 0.6) is 0 Å². The highest BCUT2D eigenvalue weighted by atomic mass is 16.5. The number of nitrogens with two attached hydrogens (primary N) is 1. The van der Waals surface area contributed by atoms with E-state index in [0.29, 0.717) is 24.5 Å². The first kappa shape index (κ1) is 14.9. The van der Waals surface area contributed by atoms with Crippen molar-refractivity contribution in [3.63, 3.8) is 0 Å². The minimum Gasteiger partial charge on any atom is -0.394 e. The molecule has 0 aromatic carbocycles. The summed E-state index contributed by atoms with van der Waals surface area (Å²) in [5.41, 5.74) is 5.31. The molecule has 1 aliphatic rings. The molecule has 4 atom stereocenters. The van der Waals surface area contributed by atoms with Gasteiger partial charge in [0.1, 0.15) is 0 Å². The predicted molar refractivity (Wildman–Crippen MR) is 70.8 cm³/mol. The van der Waals surface area contributed by atoms with Crippen LogP contribution in [0.3, 0.4) is 0 Å². The van der Waals surface area contributed by atoms with E-state index in [4.69, 9.17) is 15.6 Å². The highest BCUT2D eigenvalue weighted by Crippen LogP contribution is 2.35. The molecule has 1 fully saturated rings. The SMILES string of the molecule is CC1CCC(C(C)C)C(OCC(C)(N)CO)C1. The van der Waals surface area contributed by atoms with Crippen LogP contribution in [0.2, 0.25) is 0 Å². The van der Waals surface area contributed by atoms with Crippen LogP contribution in [-0.2, 0) is 4.74 Å². The van der Waals surface area contributed by atoms with Crippen molar-refractivity contribution >= 4 is 0 Å². The van der Waals surface area contributed by atoms with Gasteiger partial charge in [0.2, 0.25) is 0 Å². The summed E-state index contributed by atoms with van der Waals surface area (Å²) < 4.78 is 6.00. The summed E-state index contributed by atoms with van der Waals surface area (Å²) in [6.45, 7) is 9.09. The molecule has 4 unspecified atom stereocenters. The smallest absolute Gasteiger partial charge is 0.0669 e. The molecule has 0 amide bonds. The van der Waals surface area contributed by atoms with Gasteiger partial charge in [0.25, 0.3) is 0 Å². The third-order valence-electron chi connectivity index (χ3n) is 3.95. The molecule has 0 aromatic rings. The molecule has 0 aliphatic heterocycles. The predicted octanol–water partition coefficient (Wildman–Crippen LogP) is 2.17. The molecule has 0 radical (unpaired) electrons. The lowest BCUT2D eigenvalue weighted by molar-refractivity contribution is -0.0600. The first-order chi connectivity index (χ1) is 7.85. The van der Waals surface area contributed by atoms with Crippen LogP contribution >= 0.6 is 0 Å². The molecule has 0 heterocycles. The fourth-order valence-electron chi connectivity index (χ4n) is 2.65. The maximum atomic E-state index is 9.15. The van der Waals surface area contributed by atoms with Crippen LogP contribution in [0.25, 0.3) is 0 Å². The molecule has 1 saturated carbocycles. The molecule has 0 spiro atoms. The molecule has 0 saturated heterocycles. The minimum atomic E-state index is -0.609. The van der Waals surface area contributed by atoms with E-state index in [1.165, 1.54) is 12.8 Å². The lowest BCUT2D eigenvalue weighted by atomic mass is 9.75. The first-order valence-electron chi connectivity index (χ1n) is 6.87. The van der Waals surface area contributed by atoms with Gasteiger partial charge in [-0.15, -0.1) is 0 Å². The standard InChI is InChI=1S/C14H29NO2/c1-10(2)12-6-5-11(3)7-13(12)17-9-14(4,15)8-16/h10-13,16H,5-9,15H2,1-4H3. The number of aliphatic hydroxyl groups excluding tert-OH is 1. The Bertz CT molecular complexity index is 228. The summed E-state index contributed by atoms with van der Waals surface area (Å²) in [6.07, 6.45) is 4.00. The molecule has 1 aliphatic carbocycles. The summed E-state index contributed by atoms with van der Waals surface area (Å²) in [5.74, 6) is 2.04. The van der Waals surface area contributed by atoms with Crippen molar-refractivity contribution < 1.29 is 9.84 Å². The summed E-state index contributed by atoms with van der Waals surface area (Å²) >= 11 is 0. The van der Waals surface area contributed by atoms with E-state index < -0.39 is 5.54 Å². The molecule has 0 bridgehead atoms. The molecule has 3 heteroatoms. The highest BCUT2D eigenvalue weighted by molar-refractivity contribution is 4.84. The van der Waals surface area contributed by atoms with Gasteiger partial charge in [-0.3, -0.25) is 0 Å². The normalized spacial score (nSPS) is 33.7. The van der Waals surface area contributed by atoms with Gasteiger partial charge >= 0.3 is 0 Å². The zero-order valence-electron chi connectivity index (χ0n) is 11.8. The largest absolute Gasteiger partial charge is 0.394 e. The van der Waals surface area contributed by atoms with Crippen molar-refractivity contribution in [1.82, 2.24) is 0 Å². The number of hydrogen-bond donors (Lipinski definition) is 2. The van der Waals surface area contributed by atoms with Crippen molar-refractivity contribution in [2.24, 2.45) is 23.5 Å². The summed E-state index contributed by atoms with van der Waals surface area (Å²) in [6, 6.07) is 0. The molecule has 102 valence electrons. The van der Waals surface area contributed by atoms with Gasteiger partial charge in [-0.05, 0) is 37.5 Å². The maximum absolute atomic E-state index is 9.15. The Hall–Kier alpha value is -0.120. The molecule has 1 rings (SSSR count). The number of ether oxygens (including phenoxy) is 1. The van der Waals surface area contributed by atoms with Gasteiger partial charge in [0.05, 0.1) is 24.9 Å². The molecule has 17 heavy (non-hydrogen) atoms. The Morgan fingerprint density at radius 3 is 2.59 bits per heavy atom. The van der Waals surface area contributed by atoms with E-state index in [1.807, 2.05) is 6.92 Å². The van der Waals surface area contributed by atoms with Gasteiger partial charge in [-0.2, -0.15) is 0 Å². The Morgan fingerprint density at radius 2 is 2.06 bits per heavy atom. The minimum absolute atomic E-state index is 0.0262. The number of hydrogen-bond acceptors (Lipinski definition) is 3. The van der Waals surface area contributed by atoms with Crippen molar-refractivity contribution in [3.8, 4) is 0 Å². The molecule has 3 nitrogen and oxygen atoms in total. The molecule has 3 N–H and O–H groups in total. The van der Waals surface area contributed by atoms with Crippen LogP contribution in [0, 0.1) is 17.8 Å². The Kier molecular flexibility index (Phi) is 5.42. The van der Waals surface area contributed by atoms with E-state index in [-0.39, 0.29) is 6.61 Å². The maximum Gasteiger partial charge on any atom is 0.0669 e. The van der Waals surface area contributed by atoms with Crippen molar-refractivity contribution in [2.45, 2.75) is 58.6 Å². The van der Waals surface area contributed by atoms with Gasteiger partial charge in [0.15, 0.2) is 0 Å². The van der Waals surface area contributed by atoms with Gasteiger partial charge < -0.3 is 15.6 Å². The fraction of sp³-hybridized carbons (Fsp3) is 1.00. The molecular formula is C14H29NO2. The van der Waals surface area contributed by atoms with Crippen molar-refractivity contribution in [3.05, 3.63) is 0 Å². The van der Waals surface area contributed by atoms with Crippen molar-refractivity contribution in [2.75, 3.05) is 13.2 Å². The van der Waals surface area contributed by atoms with E-state index in [1.54, 1.807) is 0 Å². The monoisotopic (exact) mass is 243 g/mol. The Balaban J connectivity index is 2.52. The van der Waals surface area contributed by atoms with E-state index in [0.717, 1.165) is 12.3 Å². The first-order valence-corrected chi connectivity index (χ1v) is 6.87.